The Hall–Kier alpha value is -1.85. The number of rotatable bonds is 2. The van der Waals surface area contributed by atoms with Crippen molar-refractivity contribution in [2.45, 2.75) is 64.8 Å². The molecule has 0 N–H and O–H groups in total. The molecule has 0 atom stereocenters. The Labute approximate surface area is 124 Å². The van der Waals surface area contributed by atoms with Gasteiger partial charge in [-0.15, -0.1) is 0 Å². The number of aldehydes is 1. The average Bonchev–Trinajstić information content (AvgIpc) is 2.81. The standard InChI is InChI=1S/C15H21N3O3/c1-15(2,3)21-14(20)17-7-11-12(8-17)16-18(13(11)9-19)10-5-4-6-10/h9-10H,4-8H2,1-3H3. The summed E-state index contributed by atoms with van der Waals surface area (Å²) in [7, 11) is 0. The third-order valence-corrected chi connectivity index (χ3v) is 4.01. The lowest BCUT2D eigenvalue weighted by Crippen LogP contribution is -2.34. The molecule has 1 aromatic heterocycles. The van der Waals surface area contributed by atoms with Gasteiger partial charge in [0.05, 0.1) is 24.8 Å². The van der Waals surface area contributed by atoms with Gasteiger partial charge in [-0.2, -0.15) is 5.10 Å². The second kappa shape index (κ2) is 4.86. The topological polar surface area (TPSA) is 64.4 Å². The van der Waals surface area contributed by atoms with Crippen LogP contribution in [0.25, 0.3) is 0 Å². The predicted octanol–water partition coefficient (Wildman–Crippen LogP) is 2.67. The first kappa shape index (κ1) is 14.1. The minimum atomic E-state index is -0.517. The van der Waals surface area contributed by atoms with Crippen molar-refractivity contribution < 1.29 is 14.3 Å². The van der Waals surface area contributed by atoms with E-state index in [-0.39, 0.29) is 6.09 Å². The second-order valence-electron chi connectivity index (χ2n) is 6.79. The summed E-state index contributed by atoms with van der Waals surface area (Å²) in [6.07, 6.45) is 3.86. The van der Waals surface area contributed by atoms with E-state index < -0.39 is 5.60 Å². The SMILES string of the molecule is CC(C)(C)OC(=O)N1Cc2nn(C3CCC3)c(C=O)c2C1. The zero-order valence-electron chi connectivity index (χ0n) is 12.8. The van der Waals surface area contributed by atoms with Crippen LogP contribution in [0.15, 0.2) is 0 Å². The average molecular weight is 291 g/mol. The van der Waals surface area contributed by atoms with E-state index in [1.165, 1.54) is 6.42 Å². The van der Waals surface area contributed by atoms with Gasteiger partial charge in [0.25, 0.3) is 0 Å². The molecule has 6 heteroatoms. The smallest absolute Gasteiger partial charge is 0.410 e. The first-order valence-corrected chi connectivity index (χ1v) is 7.42. The van der Waals surface area contributed by atoms with Gasteiger partial charge in [0.2, 0.25) is 0 Å². The van der Waals surface area contributed by atoms with Gasteiger partial charge >= 0.3 is 6.09 Å². The van der Waals surface area contributed by atoms with E-state index in [0.717, 1.165) is 30.4 Å². The van der Waals surface area contributed by atoms with Crippen molar-refractivity contribution in [1.29, 1.82) is 0 Å². The highest BCUT2D eigenvalue weighted by Gasteiger charge is 2.34. The molecule has 0 aromatic carbocycles. The number of ether oxygens (including phenoxy) is 1. The third-order valence-electron chi connectivity index (χ3n) is 4.01. The molecule has 0 saturated heterocycles. The summed E-state index contributed by atoms with van der Waals surface area (Å²) in [5, 5.41) is 4.55. The lowest BCUT2D eigenvalue weighted by atomic mass is 9.93. The van der Waals surface area contributed by atoms with Crippen LogP contribution in [0.3, 0.4) is 0 Å². The molecular weight excluding hydrogens is 270 g/mol. The molecule has 0 unspecified atom stereocenters. The monoisotopic (exact) mass is 291 g/mol. The first-order valence-electron chi connectivity index (χ1n) is 7.42. The van der Waals surface area contributed by atoms with Gasteiger partial charge in [-0.05, 0) is 40.0 Å². The molecule has 1 saturated carbocycles. The quantitative estimate of drug-likeness (QED) is 0.786. The molecule has 0 spiro atoms. The van der Waals surface area contributed by atoms with E-state index >= 15 is 0 Å². The van der Waals surface area contributed by atoms with Crippen molar-refractivity contribution in [3.05, 3.63) is 17.0 Å². The van der Waals surface area contributed by atoms with Crippen molar-refractivity contribution >= 4 is 12.4 Å². The molecule has 6 nitrogen and oxygen atoms in total. The summed E-state index contributed by atoms with van der Waals surface area (Å²) < 4.78 is 7.22. The molecule has 1 amide bonds. The molecule has 3 rings (SSSR count). The highest BCUT2D eigenvalue weighted by atomic mass is 16.6. The summed E-state index contributed by atoms with van der Waals surface area (Å²) in [6, 6.07) is 0.353. The van der Waals surface area contributed by atoms with E-state index in [1.807, 2.05) is 25.5 Å². The Kier molecular flexibility index (Phi) is 3.26. The minimum Gasteiger partial charge on any atom is -0.444 e. The van der Waals surface area contributed by atoms with Gasteiger partial charge < -0.3 is 4.74 Å². The number of nitrogens with zero attached hydrogens (tertiary/aromatic N) is 3. The van der Waals surface area contributed by atoms with Crippen LogP contribution in [0.1, 0.15) is 67.8 Å². The molecule has 1 fully saturated rings. The first-order chi connectivity index (χ1) is 9.89. The molecule has 2 heterocycles. The lowest BCUT2D eigenvalue weighted by molar-refractivity contribution is 0.0238. The fourth-order valence-corrected chi connectivity index (χ4v) is 2.75. The summed E-state index contributed by atoms with van der Waals surface area (Å²) in [6.45, 7) is 6.35. The van der Waals surface area contributed by atoms with E-state index in [4.69, 9.17) is 4.74 Å². The highest BCUT2D eigenvalue weighted by molar-refractivity contribution is 5.77. The lowest BCUT2D eigenvalue weighted by Gasteiger charge is -2.27. The van der Waals surface area contributed by atoms with Crippen LogP contribution in [0.5, 0.6) is 0 Å². The molecule has 1 aromatic rings. The number of fused-ring (bicyclic) bond motifs is 1. The number of hydrogen-bond acceptors (Lipinski definition) is 4. The van der Waals surface area contributed by atoms with Crippen LogP contribution in [-0.4, -0.2) is 32.7 Å². The summed E-state index contributed by atoms with van der Waals surface area (Å²) in [4.78, 5) is 25.1. The van der Waals surface area contributed by atoms with Crippen LogP contribution in [0.2, 0.25) is 0 Å². The zero-order valence-corrected chi connectivity index (χ0v) is 12.8. The van der Waals surface area contributed by atoms with E-state index in [0.29, 0.717) is 24.8 Å². The number of aromatic nitrogens is 2. The number of hydrogen-bond donors (Lipinski definition) is 0. The third kappa shape index (κ3) is 2.54. The van der Waals surface area contributed by atoms with Gasteiger partial charge in [-0.3, -0.25) is 14.4 Å². The van der Waals surface area contributed by atoms with Gasteiger partial charge in [-0.25, -0.2) is 4.79 Å². The molecule has 0 bridgehead atoms. The largest absolute Gasteiger partial charge is 0.444 e. The van der Waals surface area contributed by atoms with Crippen LogP contribution in [0.4, 0.5) is 4.79 Å². The normalized spacial score (nSPS) is 18.3. The van der Waals surface area contributed by atoms with Crippen LogP contribution < -0.4 is 0 Å². The Morgan fingerprint density at radius 2 is 2.05 bits per heavy atom. The second-order valence-corrected chi connectivity index (χ2v) is 6.79. The Morgan fingerprint density at radius 3 is 2.57 bits per heavy atom. The number of carbonyl (C=O) groups is 2. The fourth-order valence-electron chi connectivity index (χ4n) is 2.75. The highest BCUT2D eigenvalue weighted by Crippen LogP contribution is 2.35. The van der Waals surface area contributed by atoms with Gasteiger partial charge in [-0.1, -0.05) is 0 Å². The van der Waals surface area contributed by atoms with E-state index in [1.54, 1.807) is 4.90 Å². The maximum Gasteiger partial charge on any atom is 0.410 e. The van der Waals surface area contributed by atoms with Crippen molar-refractivity contribution in [2.24, 2.45) is 0 Å². The van der Waals surface area contributed by atoms with Crippen molar-refractivity contribution in [2.75, 3.05) is 0 Å². The van der Waals surface area contributed by atoms with Crippen molar-refractivity contribution in [1.82, 2.24) is 14.7 Å². The maximum atomic E-state index is 12.1. The number of amides is 1. The maximum absolute atomic E-state index is 12.1. The van der Waals surface area contributed by atoms with Crippen molar-refractivity contribution in [3.63, 3.8) is 0 Å². The predicted molar refractivity (Wildman–Crippen MR) is 76.0 cm³/mol. The van der Waals surface area contributed by atoms with Crippen LogP contribution >= 0.6 is 0 Å². The van der Waals surface area contributed by atoms with Gasteiger partial charge in [0.1, 0.15) is 11.3 Å². The molecular formula is C15H21N3O3. The number of carbonyl (C=O) groups excluding carboxylic acids is 2. The summed E-state index contributed by atoms with van der Waals surface area (Å²) >= 11 is 0. The van der Waals surface area contributed by atoms with Gasteiger partial charge in [0.15, 0.2) is 6.29 Å². The van der Waals surface area contributed by atoms with Gasteiger partial charge in [0, 0.05) is 5.56 Å². The molecule has 114 valence electrons. The van der Waals surface area contributed by atoms with Crippen molar-refractivity contribution in [3.8, 4) is 0 Å². The minimum absolute atomic E-state index is 0.353. The Morgan fingerprint density at radius 1 is 1.33 bits per heavy atom. The molecule has 21 heavy (non-hydrogen) atoms. The molecule has 2 aliphatic rings. The zero-order chi connectivity index (χ0) is 15.2. The Bertz CT molecular complexity index is 582. The van der Waals surface area contributed by atoms with Crippen LogP contribution in [-0.2, 0) is 17.8 Å². The van der Waals surface area contributed by atoms with E-state index in [9.17, 15) is 9.59 Å². The van der Waals surface area contributed by atoms with E-state index in [2.05, 4.69) is 5.10 Å². The summed E-state index contributed by atoms with van der Waals surface area (Å²) in [5.41, 5.74) is 1.81. The van der Waals surface area contributed by atoms with Crippen LogP contribution in [0, 0.1) is 0 Å². The molecule has 1 aliphatic carbocycles. The fraction of sp³-hybridized carbons (Fsp3) is 0.667. The summed E-state index contributed by atoms with van der Waals surface area (Å²) in [5.74, 6) is 0. The molecule has 1 aliphatic heterocycles. The molecule has 0 radical (unpaired) electrons. The Balaban J connectivity index is 1.77.